The van der Waals surface area contributed by atoms with Gasteiger partial charge in [-0.3, -0.25) is 4.90 Å². The number of rotatable bonds is 4. The maximum Gasteiger partial charge on any atom is 0.241 e. The fraction of sp³-hybridized carbons (Fsp3) is 0.316. The van der Waals surface area contributed by atoms with E-state index >= 15 is 0 Å². The van der Waals surface area contributed by atoms with Crippen LogP contribution < -0.4 is 0 Å². The first-order chi connectivity index (χ1) is 12.8. The van der Waals surface area contributed by atoms with Crippen LogP contribution in [0.2, 0.25) is 0 Å². The SMILES string of the molecule is c1coc(-c2noc(CN3CCC(c4nc5ccccc5s4)CC3)n2)c1. The van der Waals surface area contributed by atoms with Gasteiger partial charge in [-0.25, -0.2) is 4.98 Å². The molecule has 1 fully saturated rings. The van der Waals surface area contributed by atoms with E-state index in [0.717, 1.165) is 31.4 Å². The molecule has 0 amide bonds. The second-order valence-electron chi connectivity index (χ2n) is 6.56. The minimum absolute atomic E-state index is 0.509. The molecule has 0 saturated carbocycles. The lowest BCUT2D eigenvalue weighted by molar-refractivity contribution is 0.181. The second-order valence-corrected chi connectivity index (χ2v) is 7.62. The van der Waals surface area contributed by atoms with E-state index in [1.807, 2.05) is 23.5 Å². The summed E-state index contributed by atoms with van der Waals surface area (Å²) < 4.78 is 12.0. The summed E-state index contributed by atoms with van der Waals surface area (Å²) in [4.78, 5) is 11.6. The van der Waals surface area contributed by atoms with Crippen LogP contribution in [0.4, 0.5) is 0 Å². The van der Waals surface area contributed by atoms with Gasteiger partial charge in [-0.05, 0) is 50.2 Å². The van der Waals surface area contributed by atoms with Crippen LogP contribution >= 0.6 is 11.3 Å². The van der Waals surface area contributed by atoms with E-state index in [1.54, 1.807) is 6.26 Å². The number of nitrogens with zero attached hydrogens (tertiary/aromatic N) is 4. The quantitative estimate of drug-likeness (QED) is 0.536. The summed E-state index contributed by atoms with van der Waals surface area (Å²) in [6, 6.07) is 12.0. The topological polar surface area (TPSA) is 68.2 Å². The predicted octanol–water partition coefficient (Wildman–Crippen LogP) is 4.32. The fourth-order valence-electron chi connectivity index (χ4n) is 3.42. The van der Waals surface area contributed by atoms with E-state index < -0.39 is 0 Å². The molecule has 0 spiro atoms. The Hall–Kier alpha value is -2.51. The zero-order valence-corrected chi connectivity index (χ0v) is 15.0. The number of thiazole rings is 1. The van der Waals surface area contributed by atoms with Crippen molar-refractivity contribution in [1.82, 2.24) is 20.0 Å². The average molecular weight is 366 g/mol. The van der Waals surface area contributed by atoms with Gasteiger partial charge in [0.15, 0.2) is 5.76 Å². The van der Waals surface area contributed by atoms with Gasteiger partial charge in [0.2, 0.25) is 11.7 Å². The zero-order valence-electron chi connectivity index (χ0n) is 14.2. The molecule has 26 heavy (non-hydrogen) atoms. The van der Waals surface area contributed by atoms with Crippen molar-refractivity contribution >= 4 is 21.6 Å². The normalized spacial score (nSPS) is 16.5. The van der Waals surface area contributed by atoms with Gasteiger partial charge in [0.1, 0.15) is 0 Å². The Labute approximate surface area is 154 Å². The van der Waals surface area contributed by atoms with Crippen molar-refractivity contribution in [3.63, 3.8) is 0 Å². The average Bonchev–Trinajstić information content (AvgIpc) is 3.42. The molecule has 0 radical (unpaired) electrons. The van der Waals surface area contributed by atoms with Crippen LogP contribution in [-0.4, -0.2) is 33.1 Å². The lowest BCUT2D eigenvalue weighted by Crippen LogP contribution is -2.32. The van der Waals surface area contributed by atoms with Gasteiger partial charge < -0.3 is 8.94 Å². The summed E-state index contributed by atoms with van der Waals surface area (Å²) in [6.45, 7) is 2.71. The van der Waals surface area contributed by atoms with Gasteiger partial charge in [-0.15, -0.1) is 11.3 Å². The van der Waals surface area contributed by atoms with Crippen molar-refractivity contribution in [2.45, 2.75) is 25.3 Å². The minimum Gasteiger partial charge on any atom is -0.461 e. The summed E-state index contributed by atoms with van der Waals surface area (Å²) in [5, 5.41) is 5.26. The van der Waals surface area contributed by atoms with E-state index in [-0.39, 0.29) is 0 Å². The maximum atomic E-state index is 5.37. The second kappa shape index (κ2) is 6.66. The van der Waals surface area contributed by atoms with Crippen molar-refractivity contribution in [2.24, 2.45) is 0 Å². The van der Waals surface area contributed by atoms with Gasteiger partial charge >= 0.3 is 0 Å². The van der Waals surface area contributed by atoms with E-state index in [2.05, 4.69) is 39.3 Å². The number of furan rings is 1. The maximum absolute atomic E-state index is 5.37. The van der Waals surface area contributed by atoms with E-state index in [1.165, 1.54) is 9.71 Å². The number of likely N-dealkylation sites (tertiary alicyclic amines) is 1. The molecule has 0 aliphatic carbocycles. The molecule has 4 aromatic rings. The number of hydrogen-bond acceptors (Lipinski definition) is 7. The number of benzene rings is 1. The van der Waals surface area contributed by atoms with Crippen molar-refractivity contribution in [1.29, 1.82) is 0 Å². The summed E-state index contributed by atoms with van der Waals surface area (Å²) in [6.07, 6.45) is 3.83. The highest BCUT2D eigenvalue weighted by Crippen LogP contribution is 2.34. The Balaban J connectivity index is 1.22. The molecule has 4 heterocycles. The molecule has 1 aliphatic rings. The fourth-order valence-corrected chi connectivity index (χ4v) is 4.56. The van der Waals surface area contributed by atoms with Crippen LogP contribution in [0.1, 0.15) is 29.7 Å². The number of hydrogen-bond donors (Lipinski definition) is 0. The van der Waals surface area contributed by atoms with Crippen molar-refractivity contribution in [3.8, 4) is 11.6 Å². The van der Waals surface area contributed by atoms with E-state index in [4.69, 9.17) is 13.9 Å². The molecule has 1 saturated heterocycles. The van der Waals surface area contributed by atoms with Gasteiger partial charge in [0, 0.05) is 5.92 Å². The van der Waals surface area contributed by atoms with Gasteiger partial charge in [0.05, 0.1) is 28.0 Å². The highest BCUT2D eigenvalue weighted by Gasteiger charge is 2.24. The van der Waals surface area contributed by atoms with E-state index in [9.17, 15) is 0 Å². The molecule has 1 aromatic carbocycles. The Morgan fingerprint density at radius 2 is 1.96 bits per heavy atom. The van der Waals surface area contributed by atoms with Gasteiger partial charge in [0.25, 0.3) is 0 Å². The summed E-state index contributed by atoms with van der Waals surface area (Å²) in [5.41, 5.74) is 1.12. The van der Waals surface area contributed by atoms with Gasteiger partial charge in [-0.1, -0.05) is 17.3 Å². The molecule has 3 aromatic heterocycles. The number of aromatic nitrogens is 3. The molecular formula is C19H18N4O2S. The predicted molar refractivity (Wildman–Crippen MR) is 98.9 cm³/mol. The van der Waals surface area contributed by atoms with Gasteiger partial charge in [-0.2, -0.15) is 4.98 Å². The molecule has 6 nitrogen and oxygen atoms in total. The third kappa shape index (κ3) is 3.04. The molecule has 132 valence electrons. The van der Waals surface area contributed by atoms with E-state index in [0.29, 0.717) is 29.9 Å². The molecule has 0 atom stereocenters. The Morgan fingerprint density at radius 1 is 1.08 bits per heavy atom. The van der Waals surface area contributed by atoms with Crippen LogP contribution in [0.3, 0.4) is 0 Å². The highest BCUT2D eigenvalue weighted by atomic mass is 32.1. The number of para-hydroxylation sites is 1. The first kappa shape index (κ1) is 15.7. The third-order valence-electron chi connectivity index (χ3n) is 4.82. The molecule has 0 bridgehead atoms. The summed E-state index contributed by atoms with van der Waals surface area (Å²) in [7, 11) is 0. The molecule has 5 rings (SSSR count). The monoisotopic (exact) mass is 366 g/mol. The Kier molecular flexibility index (Phi) is 4.03. The van der Waals surface area contributed by atoms with Crippen molar-refractivity contribution < 1.29 is 8.94 Å². The Morgan fingerprint density at radius 3 is 2.77 bits per heavy atom. The minimum atomic E-state index is 0.509. The van der Waals surface area contributed by atoms with Crippen LogP contribution in [0.5, 0.6) is 0 Å². The first-order valence-electron chi connectivity index (χ1n) is 8.79. The van der Waals surface area contributed by atoms with Crippen LogP contribution in [0.15, 0.2) is 51.6 Å². The van der Waals surface area contributed by atoms with Crippen molar-refractivity contribution in [3.05, 3.63) is 53.6 Å². The van der Waals surface area contributed by atoms with Crippen LogP contribution in [0.25, 0.3) is 21.8 Å². The molecule has 0 N–H and O–H groups in total. The lowest BCUT2D eigenvalue weighted by atomic mass is 9.97. The molecule has 1 aliphatic heterocycles. The smallest absolute Gasteiger partial charge is 0.241 e. The standard InChI is InChI=1S/C19H18N4O2S/c1-2-6-16-14(4-1)20-19(26-16)13-7-9-23(10-8-13)12-17-21-18(22-25-17)15-5-3-11-24-15/h1-6,11,13H,7-10,12H2. The van der Waals surface area contributed by atoms with Crippen LogP contribution in [0, 0.1) is 0 Å². The largest absolute Gasteiger partial charge is 0.461 e. The van der Waals surface area contributed by atoms with Crippen LogP contribution in [-0.2, 0) is 6.54 Å². The molecule has 7 heteroatoms. The Bertz CT molecular complexity index is 967. The summed E-state index contributed by atoms with van der Waals surface area (Å²) >= 11 is 1.83. The summed E-state index contributed by atoms with van der Waals surface area (Å²) in [5.74, 6) is 2.32. The number of piperidine rings is 1. The van der Waals surface area contributed by atoms with Crippen molar-refractivity contribution in [2.75, 3.05) is 13.1 Å². The molecular weight excluding hydrogens is 348 g/mol. The highest BCUT2D eigenvalue weighted by molar-refractivity contribution is 7.18. The zero-order chi connectivity index (χ0) is 17.3. The third-order valence-corrected chi connectivity index (χ3v) is 6.01. The first-order valence-corrected chi connectivity index (χ1v) is 9.61. The lowest BCUT2D eigenvalue weighted by Gasteiger charge is -2.29. The molecule has 0 unspecified atom stereocenters. The number of fused-ring (bicyclic) bond motifs is 1.